The number of sulfonamides is 1. The van der Waals surface area contributed by atoms with Crippen LogP contribution < -0.4 is 4.72 Å². The zero-order valence-corrected chi connectivity index (χ0v) is 14.4. The highest BCUT2D eigenvalue weighted by Crippen LogP contribution is 2.37. The first kappa shape index (κ1) is 15.6. The summed E-state index contributed by atoms with van der Waals surface area (Å²) < 4.78 is 27.7. The Kier molecular flexibility index (Phi) is 4.88. The third-order valence-electron chi connectivity index (χ3n) is 3.14. The van der Waals surface area contributed by atoms with Crippen LogP contribution in [0.1, 0.15) is 19.8 Å². The van der Waals surface area contributed by atoms with E-state index < -0.39 is 10.0 Å². The van der Waals surface area contributed by atoms with E-state index in [1.54, 1.807) is 6.07 Å². The number of benzene rings is 1. The maximum Gasteiger partial charge on any atom is 0.240 e. The van der Waals surface area contributed by atoms with Gasteiger partial charge in [0.2, 0.25) is 10.0 Å². The molecule has 0 bridgehead atoms. The van der Waals surface area contributed by atoms with Crippen LogP contribution in [0.3, 0.4) is 0 Å². The Labute approximate surface area is 131 Å². The van der Waals surface area contributed by atoms with Crippen LogP contribution in [0.2, 0.25) is 5.02 Å². The molecular weight excluding hydrogens is 370 g/mol. The molecule has 0 saturated carbocycles. The fraction of sp³-hybridized carbons (Fsp3) is 0.500. The molecule has 1 aliphatic heterocycles. The lowest BCUT2D eigenvalue weighted by atomic mass is 10.1. The van der Waals surface area contributed by atoms with Gasteiger partial charge >= 0.3 is 0 Å². The van der Waals surface area contributed by atoms with Crippen molar-refractivity contribution in [3.8, 4) is 0 Å². The highest BCUT2D eigenvalue weighted by atomic mass is 79.9. The van der Waals surface area contributed by atoms with E-state index in [4.69, 9.17) is 11.6 Å². The number of nitrogens with one attached hydrogen (secondary N) is 1. The van der Waals surface area contributed by atoms with Crippen molar-refractivity contribution in [3.63, 3.8) is 0 Å². The van der Waals surface area contributed by atoms with Crippen LogP contribution in [0.25, 0.3) is 0 Å². The molecular formula is C12H15BrClNO2S2. The molecule has 0 aliphatic carbocycles. The Morgan fingerprint density at radius 3 is 2.84 bits per heavy atom. The summed E-state index contributed by atoms with van der Waals surface area (Å²) in [5.41, 5.74) is 0. The van der Waals surface area contributed by atoms with E-state index in [-0.39, 0.29) is 9.64 Å². The van der Waals surface area contributed by atoms with Crippen LogP contribution in [0.15, 0.2) is 27.6 Å². The van der Waals surface area contributed by atoms with Crippen LogP contribution in [-0.4, -0.2) is 25.5 Å². The van der Waals surface area contributed by atoms with E-state index in [9.17, 15) is 8.42 Å². The van der Waals surface area contributed by atoms with Crippen molar-refractivity contribution in [3.05, 3.63) is 27.7 Å². The Hall–Kier alpha value is 0.250. The van der Waals surface area contributed by atoms with Crippen molar-refractivity contribution in [1.82, 2.24) is 4.72 Å². The molecule has 1 atom stereocenters. The van der Waals surface area contributed by atoms with Gasteiger partial charge < -0.3 is 0 Å². The zero-order chi connectivity index (χ0) is 14.1. The standard InChI is InChI=1S/C12H15BrClNO2S2/c1-12(5-2-6-18-12)8-15-19(16,17)9-3-4-11(14)10(13)7-9/h3-4,7,15H,2,5-6,8H2,1H3. The van der Waals surface area contributed by atoms with Gasteiger partial charge in [-0.25, -0.2) is 13.1 Å². The average Bonchev–Trinajstić information content (AvgIpc) is 2.78. The minimum absolute atomic E-state index is 0.0106. The molecule has 1 N–H and O–H groups in total. The zero-order valence-electron chi connectivity index (χ0n) is 10.4. The molecule has 0 amide bonds. The molecule has 19 heavy (non-hydrogen) atoms. The molecule has 0 aromatic heterocycles. The normalized spacial score (nSPS) is 23.7. The molecule has 1 aliphatic rings. The van der Waals surface area contributed by atoms with E-state index in [1.165, 1.54) is 12.1 Å². The highest BCUT2D eigenvalue weighted by molar-refractivity contribution is 9.10. The number of hydrogen-bond donors (Lipinski definition) is 1. The van der Waals surface area contributed by atoms with Gasteiger partial charge in [-0.1, -0.05) is 11.6 Å². The molecule has 0 radical (unpaired) electrons. The van der Waals surface area contributed by atoms with E-state index in [2.05, 4.69) is 27.6 Å². The van der Waals surface area contributed by atoms with Gasteiger partial charge in [0.05, 0.1) is 9.92 Å². The fourth-order valence-electron chi connectivity index (χ4n) is 1.95. The van der Waals surface area contributed by atoms with E-state index in [1.807, 2.05) is 11.8 Å². The van der Waals surface area contributed by atoms with Crippen LogP contribution in [0.4, 0.5) is 0 Å². The summed E-state index contributed by atoms with van der Waals surface area (Å²) in [5.74, 6) is 1.10. The molecule has 1 aromatic rings. The summed E-state index contributed by atoms with van der Waals surface area (Å²) in [7, 11) is -3.48. The topological polar surface area (TPSA) is 46.2 Å². The van der Waals surface area contributed by atoms with Crippen molar-refractivity contribution >= 4 is 49.3 Å². The number of rotatable bonds is 4. The second kappa shape index (κ2) is 5.93. The van der Waals surface area contributed by atoms with Crippen LogP contribution in [-0.2, 0) is 10.0 Å². The van der Waals surface area contributed by atoms with Crippen molar-refractivity contribution in [2.75, 3.05) is 12.3 Å². The van der Waals surface area contributed by atoms with Gasteiger partial charge in [0.1, 0.15) is 0 Å². The monoisotopic (exact) mass is 383 g/mol. The lowest BCUT2D eigenvalue weighted by molar-refractivity contribution is 0.552. The maximum atomic E-state index is 12.2. The van der Waals surface area contributed by atoms with Gasteiger partial charge in [-0.2, -0.15) is 11.8 Å². The number of thioether (sulfide) groups is 1. The van der Waals surface area contributed by atoms with Crippen LogP contribution in [0.5, 0.6) is 0 Å². The first-order valence-corrected chi connectivity index (χ1v) is 9.55. The fourth-order valence-corrected chi connectivity index (χ4v) is 5.13. The molecule has 1 saturated heterocycles. The van der Waals surface area contributed by atoms with Crippen LogP contribution >= 0.6 is 39.3 Å². The highest BCUT2D eigenvalue weighted by Gasteiger charge is 2.31. The summed E-state index contributed by atoms with van der Waals surface area (Å²) in [5, 5.41) is 0.497. The quantitative estimate of drug-likeness (QED) is 0.861. The Morgan fingerprint density at radius 1 is 1.53 bits per heavy atom. The molecule has 0 spiro atoms. The molecule has 7 heteroatoms. The SMILES string of the molecule is CC1(CNS(=O)(=O)c2ccc(Cl)c(Br)c2)CCCS1. The van der Waals surface area contributed by atoms with E-state index in [0.717, 1.165) is 18.6 Å². The molecule has 1 fully saturated rings. The molecule has 3 nitrogen and oxygen atoms in total. The van der Waals surface area contributed by atoms with Gasteiger partial charge in [0.15, 0.2) is 0 Å². The van der Waals surface area contributed by atoms with Crippen molar-refractivity contribution in [1.29, 1.82) is 0 Å². The van der Waals surface area contributed by atoms with Gasteiger partial charge in [-0.15, -0.1) is 0 Å². The van der Waals surface area contributed by atoms with Crippen molar-refractivity contribution in [2.45, 2.75) is 29.4 Å². The van der Waals surface area contributed by atoms with Gasteiger partial charge in [-0.3, -0.25) is 0 Å². The Morgan fingerprint density at radius 2 is 2.26 bits per heavy atom. The smallest absolute Gasteiger partial charge is 0.210 e. The van der Waals surface area contributed by atoms with Gasteiger partial charge in [0, 0.05) is 15.8 Å². The van der Waals surface area contributed by atoms with Crippen LogP contribution in [0, 0.1) is 0 Å². The van der Waals surface area contributed by atoms with E-state index in [0.29, 0.717) is 16.0 Å². The molecule has 2 rings (SSSR count). The van der Waals surface area contributed by atoms with E-state index >= 15 is 0 Å². The summed E-state index contributed by atoms with van der Waals surface area (Å²) in [6.45, 7) is 2.56. The summed E-state index contributed by atoms with van der Waals surface area (Å²) >= 11 is 10.9. The minimum atomic E-state index is -3.48. The second-order valence-corrected chi connectivity index (χ2v) is 9.51. The predicted molar refractivity (Wildman–Crippen MR) is 84.4 cm³/mol. The van der Waals surface area contributed by atoms with Gasteiger partial charge in [-0.05, 0) is 59.6 Å². The first-order valence-electron chi connectivity index (χ1n) is 5.91. The predicted octanol–water partition coefficient (Wildman–Crippen LogP) is 3.67. The number of halogens is 2. The average molecular weight is 385 g/mol. The summed E-state index contributed by atoms with van der Waals surface area (Å²) in [6.07, 6.45) is 2.19. The summed E-state index contributed by atoms with van der Waals surface area (Å²) in [6, 6.07) is 4.61. The lowest BCUT2D eigenvalue weighted by Crippen LogP contribution is -2.36. The third-order valence-corrected chi connectivity index (χ3v) is 7.29. The van der Waals surface area contributed by atoms with Crippen molar-refractivity contribution < 1.29 is 8.42 Å². The Bertz CT molecular complexity index is 571. The maximum absolute atomic E-state index is 12.2. The van der Waals surface area contributed by atoms with Gasteiger partial charge in [0.25, 0.3) is 0 Å². The summed E-state index contributed by atoms with van der Waals surface area (Å²) in [4.78, 5) is 0.232. The largest absolute Gasteiger partial charge is 0.240 e. The molecule has 1 heterocycles. The molecule has 106 valence electrons. The molecule has 1 unspecified atom stereocenters. The second-order valence-electron chi connectivity index (χ2n) is 4.80. The lowest BCUT2D eigenvalue weighted by Gasteiger charge is -2.22. The first-order chi connectivity index (χ1) is 8.82. The number of hydrogen-bond acceptors (Lipinski definition) is 3. The minimum Gasteiger partial charge on any atom is -0.210 e. The van der Waals surface area contributed by atoms with Crippen molar-refractivity contribution in [2.24, 2.45) is 0 Å². The molecule has 1 aromatic carbocycles. The Balaban J connectivity index is 2.11. The third kappa shape index (κ3) is 3.88.